The normalized spacial score (nSPS) is 14.7. The Kier molecular flexibility index (Phi) is 8.43. The maximum Gasteiger partial charge on any atom is 0.0685 e. The number of rotatable bonds is 9. The lowest BCUT2D eigenvalue weighted by molar-refractivity contribution is 0.415. The monoisotopic (exact) mass is 462 g/mol. The molecule has 0 saturated heterocycles. The van der Waals surface area contributed by atoms with Crippen LogP contribution in [0.3, 0.4) is 0 Å². The van der Waals surface area contributed by atoms with Crippen LogP contribution in [0.2, 0.25) is 0 Å². The highest BCUT2D eigenvalue weighted by Crippen LogP contribution is 2.52. The smallest absolute Gasteiger partial charge is 0.0685 e. The second-order valence-electron chi connectivity index (χ2n) is 12.9. The standard InChI is InChI=1S/C32H50N2/c1-10-13-15-24(11-2)20-26-16-14-17-28-30(26)34(23-32(7,8)9)27-19-18-25(12-3)21-29(27)33(28)22-31(4,5)6/h14,16-19,21,24H,10-13,15,20,22-23H2,1-9H3. The van der Waals surface area contributed by atoms with E-state index in [1.165, 1.54) is 66.0 Å². The molecule has 1 unspecified atom stereocenters. The highest BCUT2D eigenvalue weighted by Gasteiger charge is 2.34. The van der Waals surface area contributed by atoms with Gasteiger partial charge >= 0.3 is 0 Å². The fraction of sp³-hybridized carbons (Fsp3) is 0.625. The summed E-state index contributed by atoms with van der Waals surface area (Å²) in [6.45, 7) is 23.2. The molecule has 0 N–H and O–H groups in total. The second-order valence-corrected chi connectivity index (χ2v) is 12.9. The predicted octanol–water partition coefficient (Wildman–Crippen LogP) is 9.69. The minimum atomic E-state index is 0.198. The van der Waals surface area contributed by atoms with Crippen LogP contribution in [0.4, 0.5) is 22.7 Å². The van der Waals surface area contributed by atoms with E-state index < -0.39 is 0 Å². The van der Waals surface area contributed by atoms with Gasteiger partial charge in [0.2, 0.25) is 0 Å². The molecule has 0 amide bonds. The molecule has 2 aromatic carbocycles. The molecular weight excluding hydrogens is 412 g/mol. The van der Waals surface area contributed by atoms with E-state index in [0.29, 0.717) is 0 Å². The summed E-state index contributed by atoms with van der Waals surface area (Å²) < 4.78 is 0. The fourth-order valence-corrected chi connectivity index (χ4v) is 5.29. The Balaban J connectivity index is 2.21. The molecule has 34 heavy (non-hydrogen) atoms. The second kappa shape index (κ2) is 10.8. The van der Waals surface area contributed by atoms with E-state index >= 15 is 0 Å². The number of unbranched alkanes of at least 4 members (excludes halogenated alkanes) is 1. The number of nitrogens with zero attached hydrogens (tertiary/aromatic N) is 2. The predicted molar refractivity (Wildman–Crippen MR) is 152 cm³/mol. The van der Waals surface area contributed by atoms with Gasteiger partial charge in [0.05, 0.1) is 22.7 Å². The third-order valence-corrected chi connectivity index (χ3v) is 7.01. The number of fused-ring (bicyclic) bond motifs is 2. The molecule has 1 heterocycles. The average molecular weight is 463 g/mol. The summed E-state index contributed by atoms with van der Waals surface area (Å²) in [5, 5.41) is 0. The van der Waals surface area contributed by atoms with Crippen LogP contribution in [0.15, 0.2) is 36.4 Å². The van der Waals surface area contributed by atoms with Crippen LogP contribution in [0, 0.1) is 16.7 Å². The van der Waals surface area contributed by atoms with E-state index in [0.717, 1.165) is 25.4 Å². The zero-order valence-electron chi connectivity index (χ0n) is 23.6. The topological polar surface area (TPSA) is 6.48 Å². The summed E-state index contributed by atoms with van der Waals surface area (Å²) >= 11 is 0. The van der Waals surface area contributed by atoms with E-state index in [1.807, 2.05) is 0 Å². The Labute approximate surface area is 210 Å². The molecule has 1 aliphatic rings. The molecule has 2 aromatic rings. The first kappa shape index (κ1) is 26.6. The Morgan fingerprint density at radius 2 is 1.44 bits per heavy atom. The van der Waals surface area contributed by atoms with Crippen LogP contribution < -0.4 is 9.80 Å². The van der Waals surface area contributed by atoms with Crippen LogP contribution in [-0.4, -0.2) is 13.1 Å². The van der Waals surface area contributed by atoms with Crippen molar-refractivity contribution in [1.29, 1.82) is 0 Å². The number of benzene rings is 2. The molecule has 3 rings (SSSR count). The summed E-state index contributed by atoms with van der Waals surface area (Å²) in [4.78, 5) is 5.28. The van der Waals surface area contributed by atoms with Crippen molar-refractivity contribution in [2.75, 3.05) is 22.9 Å². The molecule has 0 fully saturated rings. The van der Waals surface area contributed by atoms with E-state index in [1.54, 1.807) is 0 Å². The van der Waals surface area contributed by atoms with Gasteiger partial charge in [-0.3, -0.25) is 0 Å². The van der Waals surface area contributed by atoms with E-state index in [2.05, 4.69) is 109 Å². The van der Waals surface area contributed by atoms with Crippen molar-refractivity contribution >= 4 is 22.7 Å². The van der Waals surface area contributed by atoms with Crippen LogP contribution in [0.1, 0.15) is 99.1 Å². The van der Waals surface area contributed by atoms with Crippen LogP contribution in [0.25, 0.3) is 0 Å². The summed E-state index contributed by atoms with van der Waals surface area (Å²) in [5.41, 5.74) is 8.93. The first-order chi connectivity index (χ1) is 16.0. The maximum atomic E-state index is 2.66. The fourth-order valence-electron chi connectivity index (χ4n) is 5.29. The van der Waals surface area contributed by atoms with Gasteiger partial charge in [-0.05, 0) is 58.9 Å². The quantitative estimate of drug-likeness (QED) is 0.366. The van der Waals surface area contributed by atoms with Crippen molar-refractivity contribution in [3.05, 3.63) is 47.5 Å². The van der Waals surface area contributed by atoms with Crippen LogP contribution >= 0.6 is 0 Å². The number of para-hydroxylation sites is 1. The summed E-state index contributed by atoms with van der Waals surface area (Å²) in [6, 6.07) is 14.3. The average Bonchev–Trinajstić information content (AvgIpc) is 2.76. The number of hydrogen-bond acceptors (Lipinski definition) is 2. The molecule has 0 radical (unpaired) electrons. The zero-order chi connectivity index (χ0) is 25.1. The van der Waals surface area contributed by atoms with Crippen molar-refractivity contribution < 1.29 is 0 Å². The molecule has 2 heteroatoms. The van der Waals surface area contributed by atoms with Gasteiger partial charge in [0.25, 0.3) is 0 Å². The van der Waals surface area contributed by atoms with E-state index in [4.69, 9.17) is 0 Å². The molecule has 188 valence electrons. The lowest BCUT2D eigenvalue weighted by Gasteiger charge is -2.45. The Morgan fingerprint density at radius 1 is 0.765 bits per heavy atom. The van der Waals surface area contributed by atoms with Gasteiger partial charge in [-0.15, -0.1) is 0 Å². The molecule has 0 aliphatic carbocycles. The number of hydrogen-bond donors (Lipinski definition) is 0. The highest BCUT2D eigenvalue weighted by molar-refractivity contribution is 5.95. The summed E-state index contributed by atoms with van der Waals surface area (Å²) in [6.07, 6.45) is 7.44. The highest BCUT2D eigenvalue weighted by atomic mass is 15.3. The third kappa shape index (κ3) is 6.37. The first-order valence-electron chi connectivity index (χ1n) is 13.8. The largest absolute Gasteiger partial charge is 0.338 e. The lowest BCUT2D eigenvalue weighted by Crippen LogP contribution is -2.38. The Bertz CT molecular complexity index is 944. The molecule has 1 atom stereocenters. The summed E-state index contributed by atoms with van der Waals surface area (Å²) in [5.74, 6) is 0.753. The number of aryl methyl sites for hydroxylation is 1. The van der Waals surface area contributed by atoms with Gasteiger partial charge < -0.3 is 9.80 Å². The molecule has 1 aliphatic heterocycles. The molecule has 0 aromatic heterocycles. The zero-order valence-corrected chi connectivity index (χ0v) is 23.6. The van der Waals surface area contributed by atoms with Crippen molar-refractivity contribution in [3.63, 3.8) is 0 Å². The van der Waals surface area contributed by atoms with E-state index in [9.17, 15) is 0 Å². The maximum absolute atomic E-state index is 2.66. The minimum absolute atomic E-state index is 0.198. The third-order valence-electron chi connectivity index (χ3n) is 7.01. The van der Waals surface area contributed by atoms with Crippen molar-refractivity contribution in [2.45, 2.75) is 101 Å². The Morgan fingerprint density at radius 3 is 2.03 bits per heavy atom. The van der Waals surface area contributed by atoms with Gasteiger partial charge in [0.1, 0.15) is 0 Å². The molecule has 0 saturated carbocycles. The van der Waals surface area contributed by atoms with Gasteiger partial charge in [0.15, 0.2) is 0 Å². The van der Waals surface area contributed by atoms with Gasteiger partial charge in [-0.2, -0.15) is 0 Å². The van der Waals surface area contributed by atoms with Crippen molar-refractivity contribution in [1.82, 2.24) is 0 Å². The summed E-state index contributed by atoms with van der Waals surface area (Å²) in [7, 11) is 0. The van der Waals surface area contributed by atoms with Crippen LogP contribution in [-0.2, 0) is 12.8 Å². The lowest BCUT2D eigenvalue weighted by atomic mass is 9.87. The molecular formula is C32H50N2. The minimum Gasteiger partial charge on any atom is -0.338 e. The SMILES string of the molecule is CCCCC(CC)Cc1cccc2c1N(CC(C)(C)C)c1ccc(CC)cc1N2CC(C)(C)C. The Hall–Kier alpha value is -1.96. The van der Waals surface area contributed by atoms with Gasteiger partial charge in [0, 0.05) is 13.1 Å². The van der Waals surface area contributed by atoms with Crippen molar-refractivity contribution in [3.8, 4) is 0 Å². The number of anilines is 4. The van der Waals surface area contributed by atoms with Crippen molar-refractivity contribution in [2.24, 2.45) is 16.7 Å². The molecule has 0 bridgehead atoms. The van der Waals surface area contributed by atoms with Gasteiger partial charge in [-0.25, -0.2) is 0 Å². The van der Waals surface area contributed by atoms with E-state index in [-0.39, 0.29) is 10.8 Å². The molecule has 0 spiro atoms. The first-order valence-corrected chi connectivity index (χ1v) is 13.8. The molecule has 2 nitrogen and oxygen atoms in total. The van der Waals surface area contributed by atoms with Crippen LogP contribution in [0.5, 0.6) is 0 Å². The van der Waals surface area contributed by atoms with Gasteiger partial charge in [-0.1, -0.05) is 106 Å².